The van der Waals surface area contributed by atoms with E-state index < -0.39 is 0 Å². The summed E-state index contributed by atoms with van der Waals surface area (Å²) < 4.78 is 4.34. The number of fused-ring (bicyclic) bond motifs is 6. The Labute approximate surface area is 341 Å². The molecule has 0 amide bonds. The van der Waals surface area contributed by atoms with Crippen molar-refractivity contribution in [3.05, 3.63) is 181 Å². The topological polar surface area (TPSA) is 76.7 Å². The fourth-order valence-electron chi connectivity index (χ4n) is 10.2. The molecule has 0 saturated carbocycles. The molecule has 0 aliphatic carbocycles. The third kappa shape index (κ3) is 4.02. The molecular formula is C53H27N7. The van der Waals surface area contributed by atoms with Crippen LogP contribution in [0.1, 0.15) is 5.56 Å². The van der Waals surface area contributed by atoms with Gasteiger partial charge in [0.1, 0.15) is 17.4 Å². The zero-order valence-electron chi connectivity index (χ0n) is 31.7. The summed E-state index contributed by atoms with van der Waals surface area (Å²) in [5.74, 6) is 0. The Morgan fingerprint density at radius 1 is 0.450 bits per heavy atom. The third-order valence-corrected chi connectivity index (χ3v) is 12.4. The van der Waals surface area contributed by atoms with E-state index in [-0.39, 0.29) is 0 Å². The largest absolute Gasteiger partial charge is 0.318 e. The highest BCUT2D eigenvalue weighted by molar-refractivity contribution is 6.35. The van der Waals surface area contributed by atoms with Crippen molar-refractivity contribution in [3.63, 3.8) is 0 Å². The number of aromatic nitrogens is 5. The van der Waals surface area contributed by atoms with E-state index in [1.807, 2.05) is 67.1 Å². The monoisotopic (exact) mass is 761 g/mol. The Hall–Kier alpha value is -8.65. The SMILES string of the molecule is [C-]#[N+]c1c(-c2ccccc2)c(C#N)c(-n2c3nccc4c5ccccc5c5ccnc2c5c43)c(-c2ccccc2)c1-n1c2cccc3c4ccccc4c4nccc1c4c32. The first-order valence-electron chi connectivity index (χ1n) is 19.8. The maximum Gasteiger partial charge on any atom is 0.220 e. The lowest BCUT2D eigenvalue weighted by molar-refractivity contribution is 1.09. The maximum atomic E-state index is 11.7. The summed E-state index contributed by atoms with van der Waals surface area (Å²) in [5, 5.41) is 23.4. The number of hydrogen-bond acceptors (Lipinski definition) is 4. The Bertz CT molecular complexity index is 3620. The summed E-state index contributed by atoms with van der Waals surface area (Å²) in [4.78, 5) is 19.7. The quantitative estimate of drug-likeness (QED) is 0.132. The van der Waals surface area contributed by atoms with E-state index in [9.17, 15) is 5.26 Å². The van der Waals surface area contributed by atoms with Crippen LogP contribution in [-0.4, -0.2) is 24.1 Å². The minimum atomic E-state index is 0.366. The van der Waals surface area contributed by atoms with Crippen molar-refractivity contribution in [2.24, 2.45) is 0 Å². The van der Waals surface area contributed by atoms with Crippen molar-refractivity contribution in [3.8, 4) is 39.7 Å². The second-order valence-electron chi connectivity index (χ2n) is 15.3. The molecule has 13 aromatic rings. The van der Waals surface area contributed by atoms with Gasteiger partial charge in [-0.25, -0.2) is 14.8 Å². The summed E-state index contributed by atoms with van der Waals surface area (Å²) in [6.45, 7) is 9.13. The molecule has 0 fully saturated rings. The van der Waals surface area contributed by atoms with Gasteiger partial charge in [-0.15, -0.1) is 0 Å². The predicted octanol–water partition coefficient (Wildman–Crippen LogP) is 13.3. The average molecular weight is 762 g/mol. The molecule has 0 atom stereocenters. The normalized spacial score (nSPS) is 12.0. The highest BCUT2D eigenvalue weighted by Gasteiger charge is 2.33. The molecule has 0 unspecified atom stereocenters. The zero-order chi connectivity index (χ0) is 39.6. The van der Waals surface area contributed by atoms with Crippen molar-refractivity contribution < 1.29 is 0 Å². The average Bonchev–Trinajstić information content (AvgIpc) is 3.84. The highest BCUT2D eigenvalue weighted by atomic mass is 15.1. The van der Waals surface area contributed by atoms with Crippen LogP contribution in [0.2, 0.25) is 0 Å². The van der Waals surface area contributed by atoms with Crippen LogP contribution in [0.4, 0.5) is 5.69 Å². The van der Waals surface area contributed by atoms with Crippen LogP contribution in [0.5, 0.6) is 0 Å². The molecule has 0 radical (unpaired) electrons. The van der Waals surface area contributed by atoms with Gasteiger partial charge < -0.3 is 4.57 Å². The number of nitrogens with zero attached hydrogens (tertiary/aromatic N) is 7. The van der Waals surface area contributed by atoms with Gasteiger partial charge in [0, 0.05) is 56.6 Å². The molecule has 7 heteroatoms. The minimum Gasteiger partial charge on any atom is -0.318 e. The molecule has 7 nitrogen and oxygen atoms in total. The second-order valence-corrected chi connectivity index (χ2v) is 15.3. The van der Waals surface area contributed by atoms with Crippen molar-refractivity contribution in [1.82, 2.24) is 24.1 Å². The van der Waals surface area contributed by atoms with Crippen molar-refractivity contribution in [2.75, 3.05) is 0 Å². The number of hydrogen-bond donors (Lipinski definition) is 0. The van der Waals surface area contributed by atoms with Crippen molar-refractivity contribution in [2.45, 2.75) is 0 Å². The Balaban J connectivity index is 1.33. The van der Waals surface area contributed by atoms with Crippen LogP contribution in [0.3, 0.4) is 0 Å². The molecule has 0 N–H and O–H groups in total. The summed E-state index contributed by atoms with van der Waals surface area (Å²) in [6.07, 6.45) is 5.58. The molecule has 13 rings (SSSR count). The van der Waals surface area contributed by atoms with Crippen LogP contribution in [-0.2, 0) is 0 Å². The first-order valence-corrected chi connectivity index (χ1v) is 19.8. The van der Waals surface area contributed by atoms with E-state index in [1.54, 1.807) is 0 Å². The first-order chi connectivity index (χ1) is 29.8. The van der Waals surface area contributed by atoms with E-state index in [4.69, 9.17) is 21.5 Å². The van der Waals surface area contributed by atoms with Crippen LogP contribution >= 0.6 is 0 Å². The smallest absolute Gasteiger partial charge is 0.220 e. The summed E-state index contributed by atoms with van der Waals surface area (Å²) >= 11 is 0. The Morgan fingerprint density at radius 2 is 0.967 bits per heavy atom. The molecule has 0 bridgehead atoms. The molecule has 8 aromatic carbocycles. The number of nitriles is 1. The van der Waals surface area contributed by atoms with Gasteiger partial charge in [0.2, 0.25) is 5.69 Å². The lowest BCUT2D eigenvalue weighted by atomic mass is 9.89. The molecular weight excluding hydrogens is 735 g/mol. The summed E-state index contributed by atoms with van der Waals surface area (Å²) in [6, 6.07) is 52.2. The molecule has 0 spiro atoms. The molecule has 0 aliphatic heterocycles. The minimum absolute atomic E-state index is 0.366. The Morgan fingerprint density at radius 3 is 1.58 bits per heavy atom. The zero-order valence-corrected chi connectivity index (χ0v) is 31.7. The third-order valence-electron chi connectivity index (χ3n) is 12.4. The summed E-state index contributed by atoms with van der Waals surface area (Å²) in [7, 11) is 0. The van der Waals surface area contributed by atoms with Gasteiger partial charge in [-0.2, -0.15) is 5.26 Å². The van der Waals surface area contributed by atoms with E-state index in [2.05, 4.69) is 117 Å². The van der Waals surface area contributed by atoms with Crippen LogP contribution in [0.15, 0.2) is 164 Å². The molecule has 0 saturated heterocycles. The number of benzene rings is 8. The van der Waals surface area contributed by atoms with Crippen LogP contribution < -0.4 is 0 Å². The van der Waals surface area contributed by atoms with Gasteiger partial charge in [0.25, 0.3) is 0 Å². The van der Waals surface area contributed by atoms with Crippen LogP contribution in [0, 0.1) is 17.9 Å². The van der Waals surface area contributed by atoms with E-state index in [1.165, 1.54) is 0 Å². The number of rotatable bonds is 4. The highest BCUT2D eigenvalue weighted by Crippen LogP contribution is 2.53. The van der Waals surface area contributed by atoms with E-state index in [0.717, 1.165) is 92.5 Å². The van der Waals surface area contributed by atoms with Crippen molar-refractivity contribution in [1.29, 1.82) is 5.26 Å². The fourth-order valence-corrected chi connectivity index (χ4v) is 10.2. The molecule has 60 heavy (non-hydrogen) atoms. The molecule has 5 heterocycles. The molecule has 274 valence electrons. The van der Waals surface area contributed by atoms with Crippen molar-refractivity contribution >= 4 is 92.8 Å². The van der Waals surface area contributed by atoms with Gasteiger partial charge in [-0.3, -0.25) is 9.55 Å². The number of pyridine rings is 3. The van der Waals surface area contributed by atoms with Gasteiger partial charge >= 0.3 is 0 Å². The predicted molar refractivity (Wildman–Crippen MR) is 243 cm³/mol. The second kappa shape index (κ2) is 11.9. The maximum absolute atomic E-state index is 11.7. The Kier molecular flexibility index (Phi) is 6.45. The standard InChI is InChI=1S/C53H27N7/c1-55-49-42(30-13-4-2-5-14-30)39(29-54)50(60-52-45-36(23-26-57-52)32-17-8-9-18-33(32)37-24-27-58-53(60)46(37)45)43(31-15-6-3-7-16-31)51(49)59-40-22-12-21-35-34-19-10-11-20-38(34)48-47(44(35)40)41(59)25-28-56-48/h2-28H. The van der Waals surface area contributed by atoms with Gasteiger partial charge in [0.05, 0.1) is 40.1 Å². The molecule has 5 aromatic heterocycles. The van der Waals surface area contributed by atoms with E-state index >= 15 is 0 Å². The lowest BCUT2D eigenvalue weighted by Crippen LogP contribution is -2.09. The van der Waals surface area contributed by atoms with Gasteiger partial charge in [-0.05, 0) is 67.7 Å². The summed E-state index contributed by atoms with van der Waals surface area (Å²) in [5.41, 5.74) is 9.07. The first kappa shape index (κ1) is 32.4. The van der Waals surface area contributed by atoms with Gasteiger partial charge in [0.15, 0.2) is 0 Å². The lowest BCUT2D eigenvalue weighted by Gasteiger charge is -2.25. The van der Waals surface area contributed by atoms with E-state index in [0.29, 0.717) is 39.5 Å². The molecule has 0 aliphatic rings. The fraction of sp³-hybridized carbons (Fsp3) is 0. The van der Waals surface area contributed by atoms with Gasteiger partial charge in [-0.1, -0.05) is 121 Å². The van der Waals surface area contributed by atoms with Crippen LogP contribution in [0.25, 0.3) is 126 Å².